The lowest BCUT2D eigenvalue weighted by Crippen LogP contribution is -1.98. The van der Waals surface area contributed by atoms with Gasteiger partial charge in [-0.25, -0.2) is 0 Å². The predicted octanol–water partition coefficient (Wildman–Crippen LogP) is 4.86. The number of rotatable bonds is 3. The summed E-state index contributed by atoms with van der Waals surface area (Å²) in [6.45, 7) is 2.32. The van der Waals surface area contributed by atoms with Crippen LogP contribution in [-0.4, -0.2) is 0 Å². The SMILES string of the molecule is Cc1ccc(C#N)cc1OCc1ccc(Br)cc1Cl. The van der Waals surface area contributed by atoms with Gasteiger partial charge in [0.1, 0.15) is 12.4 Å². The van der Waals surface area contributed by atoms with Gasteiger partial charge in [-0.15, -0.1) is 0 Å². The maximum absolute atomic E-state index is 8.88. The molecule has 0 aromatic heterocycles. The van der Waals surface area contributed by atoms with Gasteiger partial charge >= 0.3 is 0 Å². The van der Waals surface area contributed by atoms with Crippen molar-refractivity contribution in [1.29, 1.82) is 5.26 Å². The summed E-state index contributed by atoms with van der Waals surface area (Å²) in [5.41, 5.74) is 2.49. The fraction of sp³-hybridized carbons (Fsp3) is 0.133. The van der Waals surface area contributed by atoms with Crippen molar-refractivity contribution in [3.63, 3.8) is 0 Å². The predicted molar refractivity (Wildman–Crippen MR) is 79.4 cm³/mol. The van der Waals surface area contributed by atoms with E-state index in [1.165, 1.54) is 0 Å². The Labute approximate surface area is 125 Å². The molecule has 0 aliphatic carbocycles. The Kier molecular flexibility index (Phi) is 4.47. The van der Waals surface area contributed by atoms with E-state index in [4.69, 9.17) is 21.6 Å². The van der Waals surface area contributed by atoms with Crippen LogP contribution in [0.1, 0.15) is 16.7 Å². The lowest BCUT2D eigenvalue weighted by Gasteiger charge is -2.10. The molecule has 0 bridgehead atoms. The van der Waals surface area contributed by atoms with E-state index in [-0.39, 0.29) is 0 Å². The average molecular weight is 337 g/mol. The molecule has 0 spiro atoms. The maximum atomic E-state index is 8.88. The highest BCUT2D eigenvalue weighted by molar-refractivity contribution is 9.10. The maximum Gasteiger partial charge on any atom is 0.124 e. The van der Waals surface area contributed by atoms with E-state index in [2.05, 4.69) is 22.0 Å². The Morgan fingerprint density at radius 3 is 2.74 bits per heavy atom. The average Bonchev–Trinajstić information content (AvgIpc) is 2.39. The summed E-state index contributed by atoms with van der Waals surface area (Å²) < 4.78 is 6.67. The Bertz CT molecular complexity index is 649. The minimum Gasteiger partial charge on any atom is -0.489 e. The van der Waals surface area contributed by atoms with E-state index in [0.717, 1.165) is 15.6 Å². The molecule has 2 rings (SSSR count). The Hall–Kier alpha value is -1.50. The Morgan fingerprint density at radius 2 is 2.05 bits per heavy atom. The monoisotopic (exact) mass is 335 g/mol. The van der Waals surface area contributed by atoms with E-state index >= 15 is 0 Å². The first-order valence-corrected chi connectivity index (χ1v) is 6.84. The summed E-state index contributed by atoms with van der Waals surface area (Å²) in [4.78, 5) is 0. The molecular weight excluding hydrogens is 326 g/mol. The van der Waals surface area contributed by atoms with Crippen molar-refractivity contribution in [1.82, 2.24) is 0 Å². The molecule has 4 heteroatoms. The van der Waals surface area contributed by atoms with Gasteiger partial charge in [-0.05, 0) is 36.8 Å². The molecule has 2 aromatic carbocycles. The highest BCUT2D eigenvalue weighted by Crippen LogP contribution is 2.25. The van der Waals surface area contributed by atoms with Gasteiger partial charge in [-0.2, -0.15) is 5.26 Å². The van der Waals surface area contributed by atoms with Gasteiger partial charge in [0.25, 0.3) is 0 Å². The highest BCUT2D eigenvalue weighted by Gasteiger charge is 2.05. The number of hydrogen-bond donors (Lipinski definition) is 0. The van der Waals surface area contributed by atoms with Crippen molar-refractivity contribution in [2.24, 2.45) is 0 Å². The third kappa shape index (κ3) is 3.50. The van der Waals surface area contributed by atoms with Crippen molar-refractivity contribution in [3.8, 4) is 11.8 Å². The number of aryl methyl sites for hydroxylation is 1. The van der Waals surface area contributed by atoms with E-state index in [0.29, 0.717) is 22.9 Å². The van der Waals surface area contributed by atoms with Crippen molar-refractivity contribution in [2.45, 2.75) is 13.5 Å². The molecule has 0 atom stereocenters. The largest absolute Gasteiger partial charge is 0.489 e. The molecule has 96 valence electrons. The van der Waals surface area contributed by atoms with Gasteiger partial charge in [-0.1, -0.05) is 39.7 Å². The summed E-state index contributed by atoms with van der Waals surface area (Å²) in [5.74, 6) is 0.707. The molecule has 0 saturated heterocycles. The Morgan fingerprint density at radius 1 is 1.26 bits per heavy atom. The first-order chi connectivity index (χ1) is 9.10. The van der Waals surface area contributed by atoms with E-state index in [1.54, 1.807) is 12.1 Å². The molecule has 0 amide bonds. The van der Waals surface area contributed by atoms with E-state index < -0.39 is 0 Å². The van der Waals surface area contributed by atoms with Crippen LogP contribution in [0.3, 0.4) is 0 Å². The van der Waals surface area contributed by atoms with Crippen LogP contribution in [0.25, 0.3) is 0 Å². The molecule has 0 saturated carbocycles. The second kappa shape index (κ2) is 6.10. The highest BCUT2D eigenvalue weighted by atomic mass is 79.9. The third-order valence-corrected chi connectivity index (χ3v) is 3.56. The normalized spacial score (nSPS) is 10.0. The minimum atomic E-state index is 0.377. The van der Waals surface area contributed by atoms with Gasteiger partial charge in [0.2, 0.25) is 0 Å². The van der Waals surface area contributed by atoms with Crippen molar-refractivity contribution < 1.29 is 4.74 Å². The smallest absolute Gasteiger partial charge is 0.124 e. The minimum absolute atomic E-state index is 0.377. The number of nitrogens with zero attached hydrogens (tertiary/aromatic N) is 1. The summed E-state index contributed by atoms with van der Waals surface area (Å²) in [6, 6.07) is 13.1. The van der Waals surface area contributed by atoms with Crippen LogP contribution < -0.4 is 4.74 Å². The van der Waals surface area contributed by atoms with Crippen LogP contribution in [0, 0.1) is 18.3 Å². The molecule has 0 unspecified atom stereocenters. The van der Waals surface area contributed by atoms with E-state index in [9.17, 15) is 0 Å². The quantitative estimate of drug-likeness (QED) is 0.801. The lowest BCUT2D eigenvalue weighted by atomic mass is 10.1. The molecule has 0 N–H and O–H groups in total. The number of ether oxygens (including phenoxy) is 1. The molecule has 0 fully saturated rings. The van der Waals surface area contributed by atoms with Gasteiger partial charge < -0.3 is 4.74 Å². The zero-order chi connectivity index (χ0) is 13.8. The van der Waals surface area contributed by atoms with Gasteiger partial charge in [-0.3, -0.25) is 0 Å². The lowest BCUT2D eigenvalue weighted by molar-refractivity contribution is 0.304. The first-order valence-electron chi connectivity index (χ1n) is 5.67. The molecule has 19 heavy (non-hydrogen) atoms. The standard InChI is InChI=1S/C15H11BrClNO/c1-10-2-3-11(8-18)6-15(10)19-9-12-4-5-13(16)7-14(12)17/h2-7H,9H2,1H3. The van der Waals surface area contributed by atoms with Crippen LogP contribution in [0.5, 0.6) is 5.75 Å². The number of benzene rings is 2. The molecular formula is C15H11BrClNO. The molecule has 0 radical (unpaired) electrons. The van der Waals surface area contributed by atoms with Gasteiger partial charge in [0.05, 0.1) is 11.6 Å². The molecule has 0 aliphatic heterocycles. The molecule has 2 nitrogen and oxygen atoms in total. The molecule has 0 heterocycles. The van der Waals surface area contributed by atoms with E-state index in [1.807, 2.05) is 31.2 Å². The van der Waals surface area contributed by atoms with Gasteiger partial charge in [0.15, 0.2) is 0 Å². The van der Waals surface area contributed by atoms with Crippen LogP contribution >= 0.6 is 27.5 Å². The van der Waals surface area contributed by atoms with Gasteiger partial charge in [0, 0.05) is 15.1 Å². The van der Waals surface area contributed by atoms with Crippen molar-refractivity contribution >= 4 is 27.5 Å². The summed E-state index contributed by atoms with van der Waals surface area (Å²) >= 11 is 9.49. The second-order valence-electron chi connectivity index (χ2n) is 4.12. The zero-order valence-electron chi connectivity index (χ0n) is 10.3. The van der Waals surface area contributed by atoms with Crippen molar-refractivity contribution in [3.05, 3.63) is 62.6 Å². The van der Waals surface area contributed by atoms with Crippen LogP contribution in [0.4, 0.5) is 0 Å². The number of halogens is 2. The first kappa shape index (κ1) is 13.9. The fourth-order valence-corrected chi connectivity index (χ4v) is 2.35. The number of hydrogen-bond acceptors (Lipinski definition) is 2. The second-order valence-corrected chi connectivity index (χ2v) is 5.44. The zero-order valence-corrected chi connectivity index (χ0v) is 12.6. The summed E-state index contributed by atoms with van der Waals surface area (Å²) in [7, 11) is 0. The van der Waals surface area contributed by atoms with Crippen LogP contribution in [-0.2, 0) is 6.61 Å². The summed E-state index contributed by atoms with van der Waals surface area (Å²) in [6.07, 6.45) is 0. The fourth-order valence-electron chi connectivity index (χ4n) is 1.62. The topological polar surface area (TPSA) is 33.0 Å². The number of nitriles is 1. The van der Waals surface area contributed by atoms with Crippen LogP contribution in [0.2, 0.25) is 5.02 Å². The molecule has 0 aliphatic rings. The summed E-state index contributed by atoms with van der Waals surface area (Å²) in [5, 5.41) is 9.54. The third-order valence-electron chi connectivity index (χ3n) is 2.72. The van der Waals surface area contributed by atoms with Crippen LogP contribution in [0.15, 0.2) is 40.9 Å². The van der Waals surface area contributed by atoms with Crippen molar-refractivity contribution in [2.75, 3.05) is 0 Å². The Balaban J connectivity index is 2.16. The molecule has 2 aromatic rings.